The van der Waals surface area contributed by atoms with Gasteiger partial charge in [0.25, 0.3) is 0 Å². The van der Waals surface area contributed by atoms with Crippen molar-refractivity contribution in [1.82, 2.24) is 0 Å². The van der Waals surface area contributed by atoms with E-state index >= 15 is 0 Å². The zero-order chi connectivity index (χ0) is 21.5. The van der Waals surface area contributed by atoms with Crippen LogP contribution in [-0.4, -0.2) is 50.1 Å². The molecule has 3 aliphatic heterocycles. The number of hydrogen-bond donors (Lipinski definition) is 0. The molecule has 3 saturated heterocycles. The molecule has 0 aromatic carbocycles. The molecule has 4 rings (SSSR count). The minimum Gasteiger partial charge on any atom is -0.462 e. The van der Waals surface area contributed by atoms with Gasteiger partial charge in [0.15, 0.2) is 12.6 Å². The van der Waals surface area contributed by atoms with Crippen LogP contribution in [0.1, 0.15) is 71.1 Å². The van der Waals surface area contributed by atoms with Crippen molar-refractivity contribution in [3.63, 3.8) is 0 Å². The lowest BCUT2D eigenvalue weighted by atomic mass is 9.91. The molecule has 3 heterocycles. The fourth-order valence-corrected chi connectivity index (χ4v) is 5.05. The van der Waals surface area contributed by atoms with Crippen molar-refractivity contribution in [3.8, 4) is 11.8 Å². The molecule has 31 heavy (non-hydrogen) atoms. The molecule has 1 saturated carbocycles. The first-order chi connectivity index (χ1) is 15.2. The highest BCUT2D eigenvalue weighted by molar-refractivity contribution is 5.72. The molecule has 7 atom stereocenters. The first kappa shape index (κ1) is 22.8. The summed E-state index contributed by atoms with van der Waals surface area (Å²) >= 11 is 0. The number of ether oxygens (including phenoxy) is 5. The average molecular weight is 433 g/mol. The second-order valence-corrected chi connectivity index (χ2v) is 8.95. The maximum absolute atomic E-state index is 11.9. The minimum absolute atomic E-state index is 0.00393. The molecule has 0 bridgehead atoms. The van der Waals surface area contributed by atoms with Crippen molar-refractivity contribution in [2.45, 2.75) is 102 Å². The summed E-state index contributed by atoms with van der Waals surface area (Å²) in [7, 11) is 0. The molecular formula is C25H36O6. The predicted molar refractivity (Wildman–Crippen MR) is 115 cm³/mol. The molecular weight excluding hydrogens is 396 g/mol. The number of rotatable bonds is 7. The second-order valence-electron chi connectivity index (χ2n) is 8.95. The van der Waals surface area contributed by atoms with Crippen molar-refractivity contribution >= 4 is 5.97 Å². The molecule has 0 spiro atoms. The number of fused-ring (bicyclic) bond motifs is 1. The Morgan fingerprint density at radius 3 is 2.58 bits per heavy atom. The summed E-state index contributed by atoms with van der Waals surface area (Å²) in [5, 5.41) is 0. The molecule has 6 nitrogen and oxygen atoms in total. The standard InChI is InChI=1S/C25H36O6/c1-2-3-4-9-18(29-24-10-5-7-14-27-24)12-13-19-20-16-23(26)30-22(20)17-21(19)31-25-11-6-8-15-28-25/h12-13,18-22,24-25H,2,5-11,14-17H2,1H3/b13-12+/t18-,19+,20+,21+,22-,24?,25?/m0/s1. The molecule has 0 aromatic rings. The van der Waals surface area contributed by atoms with Crippen LogP contribution in [0.25, 0.3) is 0 Å². The van der Waals surface area contributed by atoms with Gasteiger partial charge in [-0.2, -0.15) is 0 Å². The van der Waals surface area contributed by atoms with E-state index in [0.717, 1.165) is 64.6 Å². The van der Waals surface area contributed by atoms with E-state index in [4.69, 9.17) is 23.7 Å². The third-order valence-electron chi connectivity index (χ3n) is 6.63. The molecule has 4 aliphatic rings. The molecule has 0 radical (unpaired) electrons. The monoisotopic (exact) mass is 432 g/mol. The first-order valence-corrected chi connectivity index (χ1v) is 12.1. The Labute approximate surface area is 186 Å². The molecule has 1 aliphatic carbocycles. The normalized spacial score (nSPS) is 36.6. The Bertz CT molecular complexity index is 667. The number of esters is 1. The zero-order valence-electron chi connectivity index (χ0n) is 18.6. The van der Waals surface area contributed by atoms with Gasteiger partial charge in [0.1, 0.15) is 6.10 Å². The Hall–Kier alpha value is -1.39. The third-order valence-corrected chi connectivity index (χ3v) is 6.63. The third kappa shape index (κ3) is 6.32. The van der Waals surface area contributed by atoms with Gasteiger partial charge in [-0.05, 0) is 38.5 Å². The summed E-state index contributed by atoms with van der Waals surface area (Å²) in [4.78, 5) is 11.9. The van der Waals surface area contributed by atoms with E-state index in [1.165, 1.54) is 0 Å². The molecule has 0 aromatic heterocycles. The second kappa shape index (κ2) is 11.5. The van der Waals surface area contributed by atoms with Gasteiger partial charge in [-0.1, -0.05) is 19.1 Å². The first-order valence-electron chi connectivity index (χ1n) is 12.1. The number of carbonyl (C=O) groups is 1. The van der Waals surface area contributed by atoms with Crippen LogP contribution >= 0.6 is 0 Å². The van der Waals surface area contributed by atoms with Crippen molar-refractivity contribution < 1.29 is 28.5 Å². The summed E-state index contributed by atoms with van der Waals surface area (Å²) in [6.45, 7) is 3.56. The Balaban J connectivity index is 1.44. The highest BCUT2D eigenvalue weighted by Crippen LogP contribution is 2.44. The summed E-state index contributed by atoms with van der Waals surface area (Å²) in [5.74, 6) is 6.53. The maximum atomic E-state index is 11.9. The summed E-state index contributed by atoms with van der Waals surface area (Å²) in [6.07, 6.45) is 12.7. The summed E-state index contributed by atoms with van der Waals surface area (Å²) < 4.78 is 29.8. The van der Waals surface area contributed by atoms with E-state index in [1.54, 1.807) is 0 Å². The van der Waals surface area contributed by atoms with Crippen molar-refractivity contribution in [2.75, 3.05) is 13.2 Å². The van der Waals surface area contributed by atoms with E-state index < -0.39 is 0 Å². The fraction of sp³-hybridized carbons (Fsp3) is 0.800. The smallest absolute Gasteiger partial charge is 0.306 e. The van der Waals surface area contributed by atoms with E-state index in [1.807, 2.05) is 6.92 Å². The van der Waals surface area contributed by atoms with Crippen LogP contribution in [0.15, 0.2) is 12.2 Å². The molecule has 0 N–H and O–H groups in total. The highest BCUT2D eigenvalue weighted by Gasteiger charge is 2.50. The van der Waals surface area contributed by atoms with Gasteiger partial charge in [-0.25, -0.2) is 0 Å². The van der Waals surface area contributed by atoms with Crippen LogP contribution in [0.5, 0.6) is 0 Å². The number of hydrogen-bond acceptors (Lipinski definition) is 6. The maximum Gasteiger partial charge on any atom is 0.306 e. The largest absolute Gasteiger partial charge is 0.462 e. The van der Waals surface area contributed by atoms with Gasteiger partial charge in [0, 0.05) is 44.3 Å². The van der Waals surface area contributed by atoms with Gasteiger partial charge in [0.2, 0.25) is 0 Å². The lowest BCUT2D eigenvalue weighted by Crippen LogP contribution is -2.31. The molecule has 2 unspecified atom stereocenters. The van der Waals surface area contributed by atoms with E-state index in [9.17, 15) is 4.79 Å². The van der Waals surface area contributed by atoms with Crippen molar-refractivity contribution in [1.29, 1.82) is 0 Å². The Kier molecular flexibility index (Phi) is 8.43. The van der Waals surface area contributed by atoms with Gasteiger partial charge in [-0.15, -0.1) is 11.8 Å². The van der Waals surface area contributed by atoms with Crippen LogP contribution in [-0.2, 0) is 28.5 Å². The van der Waals surface area contributed by atoms with Crippen molar-refractivity contribution in [2.24, 2.45) is 11.8 Å². The van der Waals surface area contributed by atoms with E-state index in [2.05, 4.69) is 24.0 Å². The van der Waals surface area contributed by atoms with Crippen LogP contribution < -0.4 is 0 Å². The Morgan fingerprint density at radius 1 is 1.10 bits per heavy atom. The lowest BCUT2D eigenvalue weighted by Gasteiger charge is -2.29. The van der Waals surface area contributed by atoms with Crippen LogP contribution in [0, 0.1) is 23.7 Å². The number of carbonyl (C=O) groups excluding carboxylic acids is 1. The summed E-state index contributed by atoms with van der Waals surface area (Å²) in [6, 6.07) is 0. The molecule has 4 fully saturated rings. The van der Waals surface area contributed by atoms with Crippen LogP contribution in [0.4, 0.5) is 0 Å². The SMILES string of the molecule is CCC#CC[C@@H](/C=C/[C@@H]1[C@H]2CC(=O)O[C@H]2C[C@H]1OC1CCCCO1)OC1CCCCO1. The molecule has 172 valence electrons. The van der Waals surface area contributed by atoms with Crippen LogP contribution in [0.3, 0.4) is 0 Å². The lowest BCUT2D eigenvalue weighted by molar-refractivity contribution is -0.194. The van der Waals surface area contributed by atoms with Gasteiger partial charge in [-0.3, -0.25) is 4.79 Å². The minimum atomic E-state index is -0.165. The predicted octanol–water partition coefficient (Wildman–Crippen LogP) is 4.12. The topological polar surface area (TPSA) is 63.2 Å². The van der Waals surface area contributed by atoms with E-state index in [0.29, 0.717) is 12.8 Å². The quantitative estimate of drug-likeness (QED) is 0.343. The molecule has 0 amide bonds. The van der Waals surface area contributed by atoms with Gasteiger partial charge >= 0.3 is 5.97 Å². The average Bonchev–Trinajstić information content (AvgIpc) is 3.29. The highest BCUT2D eigenvalue weighted by atomic mass is 16.7. The zero-order valence-corrected chi connectivity index (χ0v) is 18.6. The van der Waals surface area contributed by atoms with Crippen LogP contribution in [0.2, 0.25) is 0 Å². The molecule has 6 heteroatoms. The van der Waals surface area contributed by atoms with Gasteiger partial charge < -0.3 is 23.7 Å². The Morgan fingerprint density at radius 2 is 1.87 bits per heavy atom. The van der Waals surface area contributed by atoms with Gasteiger partial charge in [0.05, 0.1) is 18.6 Å². The fourth-order valence-electron chi connectivity index (χ4n) is 5.05. The summed E-state index contributed by atoms with van der Waals surface area (Å²) in [5.41, 5.74) is 0. The van der Waals surface area contributed by atoms with Crippen molar-refractivity contribution in [3.05, 3.63) is 12.2 Å². The van der Waals surface area contributed by atoms with E-state index in [-0.39, 0.29) is 48.7 Å².